The lowest BCUT2D eigenvalue weighted by molar-refractivity contribution is -0.122. The molecule has 2 aromatic carbocycles. The first-order valence-electron chi connectivity index (χ1n) is 9.83. The number of nitrogens with one attached hydrogen (secondary N) is 1. The van der Waals surface area contributed by atoms with E-state index in [0.717, 1.165) is 16.7 Å². The number of benzene rings is 2. The van der Waals surface area contributed by atoms with Gasteiger partial charge in [-0.1, -0.05) is 35.9 Å². The van der Waals surface area contributed by atoms with E-state index in [0.29, 0.717) is 39.3 Å². The molecule has 0 radical (unpaired) electrons. The lowest BCUT2D eigenvalue weighted by Gasteiger charge is -2.34. The molecule has 0 unspecified atom stereocenters. The van der Waals surface area contributed by atoms with Gasteiger partial charge in [-0.25, -0.2) is 0 Å². The summed E-state index contributed by atoms with van der Waals surface area (Å²) in [5.74, 6) is 0.0982. The molecule has 28 heavy (non-hydrogen) atoms. The van der Waals surface area contributed by atoms with Crippen molar-refractivity contribution >= 4 is 11.8 Å². The number of hydrogen-bond acceptors (Lipinski definition) is 3. The number of aryl methyl sites for hydroxylation is 3. The Morgan fingerprint density at radius 3 is 2.21 bits per heavy atom. The highest BCUT2D eigenvalue weighted by molar-refractivity contribution is 5.94. The Morgan fingerprint density at radius 2 is 1.57 bits per heavy atom. The number of piperazine rings is 1. The minimum atomic E-state index is 0.0227. The first-order valence-corrected chi connectivity index (χ1v) is 9.83. The van der Waals surface area contributed by atoms with Crippen molar-refractivity contribution in [2.45, 2.75) is 27.3 Å². The smallest absolute Gasteiger partial charge is 0.253 e. The number of nitrogens with zero attached hydrogens (tertiary/aromatic N) is 2. The van der Waals surface area contributed by atoms with E-state index >= 15 is 0 Å². The lowest BCUT2D eigenvalue weighted by atomic mass is 10.1. The van der Waals surface area contributed by atoms with Crippen LogP contribution >= 0.6 is 0 Å². The summed E-state index contributed by atoms with van der Waals surface area (Å²) >= 11 is 0. The molecule has 0 aliphatic carbocycles. The summed E-state index contributed by atoms with van der Waals surface area (Å²) in [6, 6.07) is 14.0. The molecule has 2 amide bonds. The first-order chi connectivity index (χ1) is 13.4. The minimum absolute atomic E-state index is 0.0227. The molecule has 0 atom stereocenters. The summed E-state index contributed by atoms with van der Waals surface area (Å²) in [6.07, 6.45) is 0. The number of carbonyl (C=O) groups is 2. The fourth-order valence-corrected chi connectivity index (χ4v) is 3.33. The Balaban J connectivity index is 1.44. The van der Waals surface area contributed by atoms with Crippen LogP contribution in [0.3, 0.4) is 0 Å². The van der Waals surface area contributed by atoms with Crippen molar-refractivity contribution in [1.82, 2.24) is 15.1 Å². The van der Waals surface area contributed by atoms with Crippen LogP contribution in [0.25, 0.3) is 0 Å². The fourth-order valence-electron chi connectivity index (χ4n) is 3.33. The highest BCUT2D eigenvalue weighted by Gasteiger charge is 2.23. The SMILES string of the molecule is Cc1ccc(CNC(=O)CN2CCN(C(=O)c3ccc(C)c(C)c3)CC2)cc1. The van der Waals surface area contributed by atoms with Gasteiger partial charge in [-0.05, 0) is 49.6 Å². The Bertz CT molecular complexity index is 837. The zero-order valence-corrected chi connectivity index (χ0v) is 17.0. The molecule has 2 aromatic rings. The highest BCUT2D eigenvalue weighted by Crippen LogP contribution is 2.13. The number of carbonyl (C=O) groups excluding carboxylic acids is 2. The average molecular weight is 380 g/mol. The molecule has 0 bridgehead atoms. The first kappa shape index (κ1) is 20.1. The van der Waals surface area contributed by atoms with Crippen LogP contribution in [0.15, 0.2) is 42.5 Å². The monoisotopic (exact) mass is 379 g/mol. The summed E-state index contributed by atoms with van der Waals surface area (Å²) in [7, 11) is 0. The van der Waals surface area contributed by atoms with Gasteiger partial charge in [0.25, 0.3) is 5.91 Å². The molecule has 1 aliphatic rings. The van der Waals surface area contributed by atoms with Gasteiger partial charge in [0.05, 0.1) is 6.54 Å². The van der Waals surface area contributed by atoms with Gasteiger partial charge in [0.2, 0.25) is 5.91 Å². The Morgan fingerprint density at radius 1 is 0.893 bits per heavy atom. The average Bonchev–Trinajstić information content (AvgIpc) is 2.70. The van der Waals surface area contributed by atoms with E-state index in [9.17, 15) is 9.59 Å². The third kappa shape index (κ3) is 5.20. The van der Waals surface area contributed by atoms with Crippen LogP contribution in [0.5, 0.6) is 0 Å². The zero-order valence-electron chi connectivity index (χ0n) is 17.0. The van der Waals surface area contributed by atoms with E-state index in [4.69, 9.17) is 0 Å². The van der Waals surface area contributed by atoms with E-state index in [-0.39, 0.29) is 11.8 Å². The second-order valence-corrected chi connectivity index (χ2v) is 7.63. The van der Waals surface area contributed by atoms with E-state index in [1.807, 2.05) is 68.1 Å². The molecular formula is C23H29N3O2. The molecule has 1 aliphatic heterocycles. The number of hydrogen-bond donors (Lipinski definition) is 1. The highest BCUT2D eigenvalue weighted by atomic mass is 16.2. The molecule has 1 fully saturated rings. The van der Waals surface area contributed by atoms with Crippen LogP contribution in [0.4, 0.5) is 0 Å². The van der Waals surface area contributed by atoms with Crippen molar-refractivity contribution < 1.29 is 9.59 Å². The molecule has 5 heteroatoms. The van der Waals surface area contributed by atoms with E-state index in [1.54, 1.807) is 0 Å². The second kappa shape index (κ2) is 9.02. The van der Waals surface area contributed by atoms with Gasteiger partial charge in [0, 0.05) is 38.3 Å². The van der Waals surface area contributed by atoms with Gasteiger partial charge in [0.1, 0.15) is 0 Å². The predicted molar refractivity (Wildman–Crippen MR) is 111 cm³/mol. The van der Waals surface area contributed by atoms with Gasteiger partial charge in [-0.15, -0.1) is 0 Å². The minimum Gasteiger partial charge on any atom is -0.351 e. The molecule has 0 aromatic heterocycles. The van der Waals surface area contributed by atoms with Crippen LogP contribution in [0, 0.1) is 20.8 Å². The Labute approximate surface area is 167 Å². The van der Waals surface area contributed by atoms with Crippen molar-refractivity contribution in [3.63, 3.8) is 0 Å². The molecule has 148 valence electrons. The van der Waals surface area contributed by atoms with Crippen LogP contribution < -0.4 is 5.32 Å². The standard InChI is InChI=1S/C23H29N3O2/c1-17-4-7-20(8-5-17)15-24-22(27)16-25-10-12-26(13-11-25)23(28)21-9-6-18(2)19(3)14-21/h4-9,14H,10-13,15-16H2,1-3H3,(H,24,27). The second-order valence-electron chi connectivity index (χ2n) is 7.63. The summed E-state index contributed by atoms with van der Waals surface area (Å²) in [5, 5.41) is 2.98. The van der Waals surface area contributed by atoms with Gasteiger partial charge in [0.15, 0.2) is 0 Å². The van der Waals surface area contributed by atoms with Crippen LogP contribution in [-0.2, 0) is 11.3 Å². The third-order valence-electron chi connectivity index (χ3n) is 5.39. The van der Waals surface area contributed by atoms with Gasteiger partial charge >= 0.3 is 0 Å². The Kier molecular flexibility index (Phi) is 6.47. The van der Waals surface area contributed by atoms with Crippen LogP contribution in [0.2, 0.25) is 0 Å². The van der Waals surface area contributed by atoms with Crippen molar-refractivity contribution in [1.29, 1.82) is 0 Å². The zero-order chi connectivity index (χ0) is 20.1. The molecule has 0 saturated carbocycles. The van der Waals surface area contributed by atoms with Crippen LogP contribution in [0.1, 0.15) is 32.6 Å². The summed E-state index contributed by atoms with van der Waals surface area (Å²) in [4.78, 5) is 28.9. The van der Waals surface area contributed by atoms with Gasteiger partial charge in [-0.2, -0.15) is 0 Å². The third-order valence-corrected chi connectivity index (χ3v) is 5.39. The largest absolute Gasteiger partial charge is 0.351 e. The van der Waals surface area contributed by atoms with E-state index in [1.165, 1.54) is 11.1 Å². The van der Waals surface area contributed by atoms with Gasteiger partial charge in [-0.3, -0.25) is 14.5 Å². The van der Waals surface area contributed by atoms with Crippen molar-refractivity contribution in [3.8, 4) is 0 Å². The van der Waals surface area contributed by atoms with Crippen molar-refractivity contribution in [3.05, 3.63) is 70.3 Å². The maximum atomic E-state index is 12.7. The summed E-state index contributed by atoms with van der Waals surface area (Å²) in [6.45, 7) is 9.77. The Hall–Kier alpha value is -2.66. The topological polar surface area (TPSA) is 52.7 Å². The van der Waals surface area contributed by atoms with E-state index < -0.39 is 0 Å². The van der Waals surface area contributed by atoms with Crippen molar-refractivity contribution in [2.75, 3.05) is 32.7 Å². The van der Waals surface area contributed by atoms with Gasteiger partial charge < -0.3 is 10.2 Å². The van der Waals surface area contributed by atoms with E-state index in [2.05, 4.69) is 10.2 Å². The van der Waals surface area contributed by atoms with Crippen molar-refractivity contribution in [2.24, 2.45) is 0 Å². The molecule has 3 rings (SSSR count). The summed E-state index contributed by atoms with van der Waals surface area (Å²) < 4.78 is 0. The molecule has 1 N–H and O–H groups in total. The molecular weight excluding hydrogens is 350 g/mol. The molecule has 0 spiro atoms. The van der Waals surface area contributed by atoms with Crippen LogP contribution in [-0.4, -0.2) is 54.3 Å². The lowest BCUT2D eigenvalue weighted by Crippen LogP contribution is -2.51. The fraction of sp³-hybridized carbons (Fsp3) is 0.391. The molecule has 5 nitrogen and oxygen atoms in total. The predicted octanol–water partition coefficient (Wildman–Crippen LogP) is 2.69. The molecule has 1 saturated heterocycles. The summed E-state index contributed by atoms with van der Waals surface area (Å²) in [5.41, 5.74) is 5.38. The number of amides is 2. The molecule has 1 heterocycles. The normalized spacial score (nSPS) is 14.8. The number of rotatable bonds is 5. The quantitative estimate of drug-likeness (QED) is 0.869. The maximum Gasteiger partial charge on any atom is 0.253 e. The maximum absolute atomic E-state index is 12.7.